The number of nitriles is 1. The Kier molecular flexibility index (Phi) is 5.28. The number of benzene rings is 1. The maximum absolute atomic E-state index is 13.7. The van der Waals surface area contributed by atoms with Crippen LogP contribution >= 0.6 is 0 Å². The van der Waals surface area contributed by atoms with Crippen LogP contribution in [0.4, 0.5) is 9.18 Å². The standard InChI is InChI=1S/C19H23FN2O2/c1-5-10-22(18(23)24-19(2,3)4)12-13-6-7-15-14(13)8-9-17(20)16(15)11-21/h5,8-9,13H,1,6-7,10,12H2,2-4H3. The van der Waals surface area contributed by atoms with Crippen molar-refractivity contribution in [2.45, 2.75) is 45.1 Å². The Balaban J connectivity index is 2.20. The number of rotatable bonds is 4. The van der Waals surface area contributed by atoms with Crippen molar-refractivity contribution in [3.05, 3.63) is 47.3 Å². The van der Waals surface area contributed by atoms with E-state index in [4.69, 9.17) is 10.00 Å². The zero-order valence-corrected chi connectivity index (χ0v) is 14.4. The van der Waals surface area contributed by atoms with Gasteiger partial charge in [0.15, 0.2) is 0 Å². The number of halogens is 1. The number of nitrogens with zero attached hydrogens (tertiary/aromatic N) is 2. The van der Waals surface area contributed by atoms with Gasteiger partial charge in [0.2, 0.25) is 0 Å². The van der Waals surface area contributed by atoms with E-state index in [0.29, 0.717) is 19.5 Å². The molecule has 0 radical (unpaired) electrons. The molecule has 1 unspecified atom stereocenters. The molecule has 24 heavy (non-hydrogen) atoms. The van der Waals surface area contributed by atoms with Crippen LogP contribution in [0.25, 0.3) is 0 Å². The zero-order valence-electron chi connectivity index (χ0n) is 14.4. The second kappa shape index (κ2) is 7.04. The van der Waals surface area contributed by atoms with Crippen molar-refractivity contribution in [2.75, 3.05) is 13.1 Å². The number of ether oxygens (including phenoxy) is 1. The fourth-order valence-corrected chi connectivity index (χ4v) is 3.04. The lowest BCUT2D eigenvalue weighted by atomic mass is 9.98. The van der Waals surface area contributed by atoms with Gasteiger partial charge in [-0.2, -0.15) is 5.26 Å². The van der Waals surface area contributed by atoms with Gasteiger partial charge in [0.25, 0.3) is 0 Å². The van der Waals surface area contributed by atoms with Crippen LogP contribution in [0.15, 0.2) is 24.8 Å². The molecule has 0 aromatic heterocycles. The summed E-state index contributed by atoms with van der Waals surface area (Å²) < 4.78 is 19.2. The number of fused-ring (bicyclic) bond motifs is 1. The SMILES string of the molecule is C=CCN(CC1CCc2c1ccc(F)c2C#N)C(=O)OC(C)(C)C. The summed E-state index contributed by atoms with van der Waals surface area (Å²) in [4.78, 5) is 14.0. The minimum atomic E-state index is -0.568. The Morgan fingerprint density at radius 3 is 2.83 bits per heavy atom. The van der Waals surface area contributed by atoms with Crippen molar-refractivity contribution in [3.63, 3.8) is 0 Å². The molecule has 4 nitrogen and oxygen atoms in total. The van der Waals surface area contributed by atoms with E-state index in [-0.39, 0.29) is 11.5 Å². The minimum Gasteiger partial charge on any atom is -0.444 e. The van der Waals surface area contributed by atoms with Crippen LogP contribution < -0.4 is 0 Å². The quantitative estimate of drug-likeness (QED) is 0.779. The van der Waals surface area contributed by atoms with E-state index < -0.39 is 17.5 Å². The highest BCUT2D eigenvalue weighted by molar-refractivity contribution is 5.68. The third kappa shape index (κ3) is 3.94. The minimum absolute atomic E-state index is 0.0696. The van der Waals surface area contributed by atoms with E-state index in [0.717, 1.165) is 17.5 Å². The van der Waals surface area contributed by atoms with Crippen molar-refractivity contribution >= 4 is 6.09 Å². The van der Waals surface area contributed by atoms with Crippen molar-refractivity contribution in [1.82, 2.24) is 4.90 Å². The molecule has 1 amide bonds. The summed E-state index contributed by atoms with van der Waals surface area (Å²) in [5, 5.41) is 9.16. The fraction of sp³-hybridized carbons (Fsp3) is 0.474. The van der Waals surface area contributed by atoms with Crippen molar-refractivity contribution in [2.24, 2.45) is 0 Å². The molecule has 0 saturated heterocycles. The fourth-order valence-electron chi connectivity index (χ4n) is 3.04. The van der Waals surface area contributed by atoms with Gasteiger partial charge in [-0.25, -0.2) is 9.18 Å². The Morgan fingerprint density at radius 2 is 2.25 bits per heavy atom. The van der Waals surface area contributed by atoms with Gasteiger partial charge in [-0.3, -0.25) is 0 Å². The molecule has 0 bridgehead atoms. The Hall–Kier alpha value is -2.35. The molecule has 1 aromatic carbocycles. The summed E-state index contributed by atoms with van der Waals surface area (Å²) in [5.41, 5.74) is 1.28. The molecule has 1 aliphatic carbocycles. The molecule has 0 aliphatic heterocycles. The summed E-state index contributed by atoms with van der Waals surface area (Å²) >= 11 is 0. The predicted octanol–water partition coefficient (Wildman–Crippen LogP) is 4.15. The lowest BCUT2D eigenvalue weighted by Gasteiger charge is -2.28. The Morgan fingerprint density at radius 1 is 1.54 bits per heavy atom. The first-order chi connectivity index (χ1) is 11.3. The van der Waals surface area contributed by atoms with Gasteiger partial charge in [0, 0.05) is 19.0 Å². The van der Waals surface area contributed by atoms with Gasteiger partial charge >= 0.3 is 6.09 Å². The summed E-state index contributed by atoms with van der Waals surface area (Å²) in [5.74, 6) is -0.410. The van der Waals surface area contributed by atoms with Crippen LogP contribution in [0.1, 0.15) is 49.8 Å². The van der Waals surface area contributed by atoms with Gasteiger partial charge in [-0.1, -0.05) is 12.1 Å². The summed E-state index contributed by atoms with van der Waals surface area (Å²) in [6.45, 7) is 10.0. The van der Waals surface area contributed by atoms with E-state index in [1.165, 1.54) is 6.07 Å². The molecule has 1 aromatic rings. The van der Waals surface area contributed by atoms with Gasteiger partial charge in [0.05, 0.1) is 5.56 Å². The van der Waals surface area contributed by atoms with Crippen LogP contribution in [0.3, 0.4) is 0 Å². The molecule has 0 N–H and O–H groups in total. The number of carbonyl (C=O) groups excluding carboxylic acids is 1. The van der Waals surface area contributed by atoms with E-state index in [1.54, 1.807) is 17.0 Å². The van der Waals surface area contributed by atoms with Gasteiger partial charge in [-0.05, 0) is 50.8 Å². The third-order valence-electron chi connectivity index (χ3n) is 4.03. The third-order valence-corrected chi connectivity index (χ3v) is 4.03. The van der Waals surface area contributed by atoms with Crippen LogP contribution in [0.2, 0.25) is 0 Å². The zero-order chi connectivity index (χ0) is 17.9. The molecular weight excluding hydrogens is 307 g/mol. The molecule has 0 fully saturated rings. The molecule has 1 atom stereocenters. The highest BCUT2D eigenvalue weighted by Crippen LogP contribution is 2.36. The number of hydrogen-bond acceptors (Lipinski definition) is 3. The van der Waals surface area contributed by atoms with E-state index >= 15 is 0 Å². The Labute approximate surface area is 142 Å². The average molecular weight is 330 g/mol. The molecule has 0 spiro atoms. The first kappa shape index (κ1) is 18.0. The summed E-state index contributed by atoms with van der Waals surface area (Å²) in [7, 11) is 0. The highest BCUT2D eigenvalue weighted by atomic mass is 19.1. The topological polar surface area (TPSA) is 53.3 Å². The molecule has 1 aliphatic rings. The maximum atomic E-state index is 13.7. The second-order valence-corrected chi connectivity index (χ2v) is 7.01. The number of hydrogen-bond donors (Lipinski definition) is 0. The monoisotopic (exact) mass is 330 g/mol. The first-order valence-corrected chi connectivity index (χ1v) is 8.07. The van der Waals surface area contributed by atoms with Crippen LogP contribution in [-0.4, -0.2) is 29.7 Å². The van der Waals surface area contributed by atoms with Crippen LogP contribution in [0, 0.1) is 17.1 Å². The van der Waals surface area contributed by atoms with Gasteiger partial charge in [0.1, 0.15) is 17.5 Å². The summed E-state index contributed by atoms with van der Waals surface area (Å²) in [6.07, 6.45) is 2.70. The van der Waals surface area contributed by atoms with E-state index in [1.807, 2.05) is 26.8 Å². The lowest BCUT2D eigenvalue weighted by Crippen LogP contribution is -2.39. The average Bonchev–Trinajstić information content (AvgIpc) is 2.88. The molecule has 2 rings (SSSR count). The lowest BCUT2D eigenvalue weighted by molar-refractivity contribution is 0.0261. The van der Waals surface area contributed by atoms with Crippen molar-refractivity contribution in [3.8, 4) is 6.07 Å². The van der Waals surface area contributed by atoms with E-state index in [9.17, 15) is 9.18 Å². The molecular formula is C19H23FN2O2. The van der Waals surface area contributed by atoms with E-state index in [2.05, 4.69) is 6.58 Å². The molecule has 0 saturated carbocycles. The van der Waals surface area contributed by atoms with Gasteiger partial charge < -0.3 is 9.64 Å². The van der Waals surface area contributed by atoms with Crippen LogP contribution in [0.5, 0.6) is 0 Å². The van der Waals surface area contributed by atoms with Gasteiger partial charge in [-0.15, -0.1) is 6.58 Å². The molecule has 0 heterocycles. The predicted molar refractivity (Wildman–Crippen MR) is 90.2 cm³/mol. The smallest absolute Gasteiger partial charge is 0.410 e. The van der Waals surface area contributed by atoms with Crippen molar-refractivity contribution < 1.29 is 13.9 Å². The van der Waals surface area contributed by atoms with Crippen LogP contribution in [-0.2, 0) is 11.2 Å². The molecule has 128 valence electrons. The second-order valence-electron chi connectivity index (χ2n) is 7.01. The maximum Gasteiger partial charge on any atom is 0.410 e. The highest BCUT2D eigenvalue weighted by Gasteiger charge is 2.30. The first-order valence-electron chi connectivity index (χ1n) is 8.07. The van der Waals surface area contributed by atoms with Crippen molar-refractivity contribution in [1.29, 1.82) is 5.26 Å². The summed E-state index contributed by atoms with van der Waals surface area (Å²) in [6, 6.07) is 5.01. The Bertz CT molecular complexity index is 686. The largest absolute Gasteiger partial charge is 0.444 e. The number of carbonyl (C=O) groups is 1. The number of amides is 1. The molecule has 5 heteroatoms. The normalized spacial score (nSPS) is 16.2.